The third-order valence-electron chi connectivity index (χ3n) is 3.50. The highest BCUT2D eigenvalue weighted by Gasteiger charge is 2.21. The summed E-state index contributed by atoms with van der Waals surface area (Å²) in [6, 6.07) is 16.2. The van der Waals surface area contributed by atoms with Gasteiger partial charge in [-0.3, -0.25) is 4.79 Å². The maximum absolute atomic E-state index is 12.2. The Balaban J connectivity index is 1.61. The lowest BCUT2D eigenvalue weighted by Gasteiger charge is -2.12. The highest BCUT2D eigenvalue weighted by Crippen LogP contribution is 2.23. The van der Waals surface area contributed by atoms with E-state index in [0.29, 0.717) is 10.7 Å². The normalized spacial score (nSPS) is 11.6. The van der Waals surface area contributed by atoms with Crippen molar-refractivity contribution in [3.05, 3.63) is 70.7 Å². The Morgan fingerprint density at radius 1 is 1.12 bits per heavy atom. The lowest BCUT2D eigenvalue weighted by Crippen LogP contribution is -2.30. The van der Waals surface area contributed by atoms with Crippen LogP contribution in [0.4, 0.5) is 5.69 Å². The number of esters is 1. The average molecular weight is 387 g/mol. The van der Waals surface area contributed by atoms with Crippen molar-refractivity contribution >= 4 is 40.5 Å². The largest absolute Gasteiger partial charge is 0.448 e. The first-order valence-electron chi connectivity index (χ1n) is 7.81. The first kappa shape index (κ1) is 18.1. The van der Waals surface area contributed by atoms with Crippen LogP contribution in [0.25, 0.3) is 10.6 Å². The van der Waals surface area contributed by atoms with Crippen LogP contribution in [0.2, 0.25) is 5.02 Å². The Morgan fingerprint density at radius 2 is 1.81 bits per heavy atom. The van der Waals surface area contributed by atoms with Crippen molar-refractivity contribution in [1.29, 1.82) is 0 Å². The van der Waals surface area contributed by atoms with Gasteiger partial charge in [0.2, 0.25) is 0 Å². The predicted octanol–water partition coefficient (Wildman–Crippen LogP) is 4.65. The molecule has 3 aromatic rings. The van der Waals surface area contributed by atoms with Gasteiger partial charge in [0.15, 0.2) is 11.8 Å². The fraction of sp³-hybridized carbons (Fsp3) is 0.105. The van der Waals surface area contributed by atoms with E-state index in [9.17, 15) is 9.59 Å². The van der Waals surface area contributed by atoms with E-state index in [2.05, 4.69) is 10.3 Å². The zero-order valence-electron chi connectivity index (χ0n) is 13.8. The number of anilines is 1. The number of hydrogen-bond acceptors (Lipinski definition) is 5. The van der Waals surface area contributed by atoms with Gasteiger partial charge in [0, 0.05) is 21.7 Å². The molecule has 3 rings (SSSR count). The zero-order chi connectivity index (χ0) is 18.5. The van der Waals surface area contributed by atoms with Crippen molar-refractivity contribution in [2.24, 2.45) is 0 Å². The third kappa shape index (κ3) is 4.47. The lowest BCUT2D eigenvalue weighted by molar-refractivity contribution is -0.123. The molecule has 0 bridgehead atoms. The molecular weight excluding hydrogens is 372 g/mol. The van der Waals surface area contributed by atoms with Crippen molar-refractivity contribution in [3.63, 3.8) is 0 Å². The number of nitrogens with one attached hydrogen (secondary N) is 1. The monoisotopic (exact) mass is 386 g/mol. The number of halogens is 1. The van der Waals surface area contributed by atoms with Gasteiger partial charge in [-0.25, -0.2) is 9.78 Å². The number of carbonyl (C=O) groups excluding carboxylic acids is 2. The summed E-state index contributed by atoms with van der Waals surface area (Å²) in [5.74, 6) is -1.07. The maximum Gasteiger partial charge on any atom is 0.358 e. The van der Waals surface area contributed by atoms with E-state index in [-0.39, 0.29) is 5.69 Å². The van der Waals surface area contributed by atoms with Crippen LogP contribution in [0.15, 0.2) is 60.0 Å². The van der Waals surface area contributed by atoms with Gasteiger partial charge in [0.25, 0.3) is 5.91 Å². The Hall–Kier alpha value is -2.70. The van der Waals surface area contributed by atoms with Crippen molar-refractivity contribution in [2.45, 2.75) is 13.0 Å². The summed E-state index contributed by atoms with van der Waals surface area (Å²) in [5, 5.41) is 5.57. The van der Waals surface area contributed by atoms with Gasteiger partial charge in [-0.15, -0.1) is 11.3 Å². The molecule has 0 aliphatic heterocycles. The second kappa shape index (κ2) is 8.12. The van der Waals surface area contributed by atoms with Gasteiger partial charge in [0.1, 0.15) is 5.01 Å². The predicted molar refractivity (Wildman–Crippen MR) is 103 cm³/mol. The van der Waals surface area contributed by atoms with Gasteiger partial charge in [-0.2, -0.15) is 0 Å². The van der Waals surface area contributed by atoms with Crippen LogP contribution in [0, 0.1) is 0 Å². The molecule has 0 saturated carbocycles. The molecule has 1 atom stereocenters. The number of nitrogens with zero attached hydrogens (tertiary/aromatic N) is 1. The van der Waals surface area contributed by atoms with Crippen molar-refractivity contribution in [2.75, 3.05) is 5.32 Å². The minimum absolute atomic E-state index is 0.181. The summed E-state index contributed by atoms with van der Waals surface area (Å²) in [4.78, 5) is 28.7. The SMILES string of the molecule is C[C@H](OC(=O)c1csc(-c2ccccc2)n1)C(=O)Nc1ccc(Cl)cc1. The fourth-order valence-corrected chi connectivity index (χ4v) is 3.05. The van der Waals surface area contributed by atoms with Crippen molar-refractivity contribution in [1.82, 2.24) is 4.98 Å². The summed E-state index contributed by atoms with van der Waals surface area (Å²) in [6.45, 7) is 1.51. The van der Waals surface area contributed by atoms with Crippen LogP contribution in [-0.4, -0.2) is 23.0 Å². The number of thiazole rings is 1. The topological polar surface area (TPSA) is 68.3 Å². The molecule has 1 N–H and O–H groups in total. The fourth-order valence-electron chi connectivity index (χ4n) is 2.13. The molecule has 0 unspecified atom stereocenters. The van der Waals surface area contributed by atoms with Crippen LogP contribution in [0.3, 0.4) is 0 Å². The van der Waals surface area contributed by atoms with E-state index in [1.165, 1.54) is 18.3 Å². The Labute approximate surface area is 159 Å². The second-order valence-corrected chi connectivity index (χ2v) is 6.74. The first-order valence-corrected chi connectivity index (χ1v) is 9.07. The van der Waals surface area contributed by atoms with Crippen LogP contribution in [0.1, 0.15) is 17.4 Å². The average Bonchev–Trinajstić information content (AvgIpc) is 3.14. The Bertz CT molecular complexity index is 910. The number of hydrogen-bond donors (Lipinski definition) is 1. The van der Waals surface area contributed by atoms with Gasteiger partial charge in [-0.1, -0.05) is 41.9 Å². The van der Waals surface area contributed by atoms with E-state index >= 15 is 0 Å². The molecule has 1 heterocycles. The number of aromatic nitrogens is 1. The molecule has 0 radical (unpaired) electrons. The summed E-state index contributed by atoms with van der Waals surface area (Å²) in [5.41, 5.74) is 1.67. The molecule has 0 spiro atoms. The molecule has 0 fully saturated rings. The molecule has 1 amide bonds. The van der Waals surface area contributed by atoms with E-state index < -0.39 is 18.0 Å². The molecule has 1 aromatic heterocycles. The standard InChI is InChI=1S/C19H15ClN2O3S/c1-12(17(23)21-15-9-7-14(20)8-10-15)25-19(24)16-11-26-18(22-16)13-5-3-2-4-6-13/h2-12H,1H3,(H,21,23)/t12-/m0/s1. The molecule has 7 heteroatoms. The zero-order valence-corrected chi connectivity index (χ0v) is 15.4. The highest BCUT2D eigenvalue weighted by molar-refractivity contribution is 7.13. The molecule has 5 nitrogen and oxygen atoms in total. The van der Waals surface area contributed by atoms with Crippen LogP contribution in [0.5, 0.6) is 0 Å². The number of rotatable bonds is 5. The summed E-state index contributed by atoms with van der Waals surface area (Å²) < 4.78 is 5.21. The quantitative estimate of drug-likeness (QED) is 0.648. The number of benzene rings is 2. The lowest BCUT2D eigenvalue weighted by atomic mass is 10.2. The van der Waals surface area contributed by atoms with Crippen LogP contribution >= 0.6 is 22.9 Å². The van der Waals surface area contributed by atoms with E-state index in [4.69, 9.17) is 16.3 Å². The molecule has 0 saturated heterocycles. The Kier molecular flexibility index (Phi) is 5.65. The molecule has 0 aliphatic carbocycles. The minimum Gasteiger partial charge on any atom is -0.448 e. The molecular formula is C19H15ClN2O3S. The molecule has 26 heavy (non-hydrogen) atoms. The number of ether oxygens (including phenoxy) is 1. The van der Waals surface area contributed by atoms with E-state index in [1.807, 2.05) is 30.3 Å². The summed E-state index contributed by atoms with van der Waals surface area (Å²) in [7, 11) is 0. The van der Waals surface area contributed by atoms with E-state index in [1.54, 1.807) is 29.6 Å². The summed E-state index contributed by atoms with van der Waals surface area (Å²) >= 11 is 7.15. The molecule has 132 valence electrons. The second-order valence-electron chi connectivity index (χ2n) is 5.45. The van der Waals surface area contributed by atoms with Gasteiger partial charge in [0.05, 0.1) is 0 Å². The van der Waals surface area contributed by atoms with E-state index in [0.717, 1.165) is 10.6 Å². The van der Waals surface area contributed by atoms with Gasteiger partial charge >= 0.3 is 5.97 Å². The number of amides is 1. The molecule has 0 aliphatic rings. The van der Waals surface area contributed by atoms with Gasteiger partial charge < -0.3 is 10.1 Å². The minimum atomic E-state index is -0.958. The van der Waals surface area contributed by atoms with Crippen LogP contribution in [-0.2, 0) is 9.53 Å². The molecule has 2 aromatic carbocycles. The smallest absolute Gasteiger partial charge is 0.358 e. The van der Waals surface area contributed by atoms with Crippen molar-refractivity contribution < 1.29 is 14.3 Å². The van der Waals surface area contributed by atoms with Crippen LogP contribution < -0.4 is 5.32 Å². The first-order chi connectivity index (χ1) is 12.5. The highest BCUT2D eigenvalue weighted by atomic mass is 35.5. The van der Waals surface area contributed by atoms with Crippen molar-refractivity contribution in [3.8, 4) is 10.6 Å². The summed E-state index contributed by atoms with van der Waals surface area (Å²) in [6.07, 6.45) is -0.958. The van der Waals surface area contributed by atoms with Gasteiger partial charge in [-0.05, 0) is 31.2 Å². The third-order valence-corrected chi connectivity index (χ3v) is 4.64. The Morgan fingerprint density at radius 3 is 2.50 bits per heavy atom. The maximum atomic E-state index is 12.2. The number of carbonyl (C=O) groups is 2.